The molecule has 31 heavy (non-hydrogen) atoms. The number of aliphatic imine (C=N–C) groups is 1. The molecule has 0 aromatic heterocycles. The first-order valence-electron chi connectivity index (χ1n) is 10.9. The Bertz CT molecular complexity index is 941. The molecule has 2 aromatic rings. The quantitative estimate of drug-likeness (QED) is 0.566. The van der Waals surface area contributed by atoms with Crippen molar-refractivity contribution in [3.8, 4) is 11.5 Å². The number of hydrogen-bond acceptors (Lipinski definition) is 4. The van der Waals surface area contributed by atoms with Gasteiger partial charge in [0.25, 0.3) is 0 Å². The van der Waals surface area contributed by atoms with Gasteiger partial charge in [-0.05, 0) is 50.1 Å². The van der Waals surface area contributed by atoms with E-state index in [1.807, 2.05) is 6.07 Å². The van der Waals surface area contributed by atoms with Gasteiger partial charge in [-0.2, -0.15) is 0 Å². The van der Waals surface area contributed by atoms with Gasteiger partial charge in [0.1, 0.15) is 23.4 Å². The lowest BCUT2D eigenvalue weighted by Gasteiger charge is -2.34. The molecule has 1 saturated heterocycles. The molecule has 1 unspecified atom stereocenters. The third-order valence-electron chi connectivity index (χ3n) is 5.98. The van der Waals surface area contributed by atoms with Crippen molar-refractivity contribution in [1.82, 2.24) is 10.6 Å². The lowest BCUT2D eigenvalue weighted by Crippen LogP contribution is -2.48. The second-order valence-corrected chi connectivity index (χ2v) is 8.22. The van der Waals surface area contributed by atoms with E-state index in [4.69, 9.17) is 9.47 Å². The molecule has 6 nitrogen and oxygen atoms in total. The summed E-state index contributed by atoms with van der Waals surface area (Å²) in [4.78, 5) is 6.62. The van der Waals surface area contributed by atoms with Crippen LogP contribution in [-0.2, 0) is 13.0 Å². The van der Waals surface area contributed by atoms with E-state index in [0.29, 0.717) is 12.6 Å². The third kappa shape index (κ3) is 5.03. The Labute approximate surface area is 183 Å². The van der Waals surface area contributed by atoms with E-state index in [1.165, 1.54) is 11.6 Å². The molecule has 0 saturated carbocycles. The third-order valence-corrected chi connectivity index (χ3v) is 5.98. The molecule has 0 spiro atoms. The first kappa shape index (κ1) is 21.3. The van der Waals surface area contributed by atoms with Gasteiger partial charge in [0.05, 0.1) is 7.11 Å². The average Bonchev–Trinajstić information content (AvgIpc) is 3.15. The summed E-state index contributed by atoms with van der Waals surface area (Å²) >= 11 is 0. The van der Waals surface area contributed by atoms with E-state index in [1.54, 1.807) is 26.3 Å². The number of hydrogen-bond donors (Lipinski definition) is 2. The lowest BCUT2D eigenvalue weighted by atomic mass is 10.0. The molecule has 2 aromatic carbocycles. The highest BCUT2D eigenvalue weighted by Gasteiger charge is 2.23. The summed E-state index contributed by atoms with van der Waals surface area (Å²) in [7, 11) is 3.48. The van der Waals surface area contributed by atoms with Crippen molar-refractivity contribution in [2.24, 2.45) is 4.99 Å². The molecular weight excluding hydrogens is 395 g/mol. The number of anilines is 1. The van der Waals surface area contributed by atoms with Gasteiger partial charge in [-0.1, -0.05) is 6.07 Å². The summed E-state index contributed by atoms with van der Waals surface area (Å²) in [6, 6.07) is 11.3. The number of methoxy groups -OCH3 is 1. The van der Waals surface area contributed by atoms with Crippen molar-refractivity contribution in [2.45, 2.75) is 44.9 Å². The normalized spacial score (nSPS) is 19.0. The maximum Gasteiger partial charge on any atom is 0.191 e. The number of halogens is 1. The van der Waals surface area contributed by atoms with Gasteiger partial charge >= 0.3 is 0 Å². The molecule has 2 aliphatic rings. The van der Waals surface area contributed by atoms with Gasteiger partial charge in [-0.15, -0.1) is 0 Å². The molecule has 0 radical (unpaired) electrons. The largest absolute Gasteiger partial charge is 0.496 e. The van der Waals surface area contributed by atoms with Crippen molar-refractivity contribution in [3.63, 3.8) is 0 Å². The van der Waals surface area contributed by atoms with Crippen molar-refractivity contribution in [3.05, 3.63) is 53.3 Å². The molecule has 0 bridgehead atoms. The summed E-state index contributed by atoms with van der Waals surface area (Å²) < 4.78 is 25.0. The van der Waals surface area contributed by atoms with E-state index in [0.717, 1.165) is 61.1 Å². The number of rotatable bonds is 5. The van der Waals surface area contributed by atoms with E-state index in [-0.39, 0.29) is 11.9 Å². The zero-order chi connectivity index (χ0) is 21.8. The first-order chi connectivity index (χ1) is 15.1. The number of benzene rings is 2. The first-order valence-corrected chi connectivity index (χ1v) is 10.9. The van der Waals surface area contributed by atoms with Crippen LogP contribution in [0.2, 0.25) is 0 Å². The van der Waals surface area contributed by atoms with Crippen LogP contribution in [-0.4, -0.2) is 45.4 Å². The van der Waals surface area contributed by atoms with Gasteiger partial charge in [0, 0.05) is 56.0 Å². The van der Waals surface area contributed by atoms with E-state index in [9.17, 15) is 4.39 Å². The highest BCUT2D eigenvalue weighted by atomic mass is 19.1. The Kier molecular flexibility index (Phi) is 6.49. The molecule has 4 rings (SSSR count). The Morgan fingerprint density at radius 3 is 2.77 bits per heavy atom. The molecule has 2 N–H and O–H groups in total. The molecule has 0 amide bonds. The Balaban J connectivity index is 1.31. The van der Waals surface area contributed by atoms with Crippen LogP contribution in [0.15, 0.2) is 41.4 Å². The second-order valence-electron chi connectivity index (χ2n) is 8.22. The SMILES string of the molecule is CN=C(NCc1cc2c(cc1OC)CC(C)O2)NC1CCN(c2cccc(F)c2)CC1. The zero-order valence-corrected chi connectivity index (χ0v) is 18.5. The fourth-order valence-corrected chi connectivity index (χ4v) is 4.33. The molecule has 166 valence electrons. The summed E-state index contributed by atoms with van der Waals surface area (Å²) in [5, 5.41) is 6.92. The van der Waals surface area contributed by atoms with Crippen molar-refractivity contribution in [1.29, 1.82) is 0 Å². The van der Waals surface area contributed by atoms with Crippen molar-refractivity contribution < 1.29 is 13.9 Å². The number of ether oxygens (including phenoxy) is 2. The van der Waals surface area contributed by atoms with Gasteiger partial charge in [0.2, 0.25) is 0 Å². The summed E-state index contributed by atoms with van der Waals surface area (Å²) in [5.41, 5.74) is 3.18. The minimum atomic E-state index is -0.191. The van der Waals surface area contributed by atoms with Crippen LogP contribution in [0.4, 0.5) is 10.1 Å². The van der Waals surface area contributed by atoms with Gasteiger partial charge in [-0.3, -0.25) is 4.99 Å². The summed E-state index contributed by atoms with van der Waals surface area (Å²) in [6.45, 7) is 4.43. The molecule has 1 atom stereocenters. The van der Waals surface area contributed by atoms with Gasteiger partial charge in [0.15, 0.2) is 5.96 Å². The Hall–Kier alpha value is -2.96. The summed E-state index contributed by atoms with van der Waals surface area (Å²) in [5.74, 6) is 2.38. The van der Waals surface area contributed by atoms with Gasteiger partial charge in [-0.25, -0.2) is 4.39 Å². The molecule has 2 heterocycles. The van der Waals surface area contributed by atoms with Crippen LogP contribution in [0.3, 0.4) is 0 Å². The van der Waals surface area contributed by atoms with Crippen molar-refractivity contribution >= 4 is 11.6 Å². The summed E-state index contributed by atoms with van der Waals surface area (Å²) in [6.07, 6.45) is 3.04. The maximum atomic E-state index is 13.5. The van der Waals surface area contributed by atoms with Crippen LogP contribution in [0, 0.1) is 5.82 Å². The number of guanidine groups is 1. The second kappa shape index (κ2) is 9.45. The predicted molar refractivity (Wildman–Crippen MR) is 122 cm³/mol. The number of piperidine rings is 1. The van der Waals surface area contributed by atoms with E-state index >= 15 is 0 Å². The predicted octanol–water partition coefficient (Wildman–Crippen LogP) is 3.49. The van der Waals surface area contributed by atoms with Crippen LogP contribution in [0.5, 0.6) is 11.5 Å². The minimum Gasteiger partial charge on any atom is -0.496 e. The Morgan fingerprint density at radius 2 is 2.06 bits per heavy atom. The minimum absolute atomic E-state index is 0.191. The number of nitrogens with zero attached hydrogens (tertiary/aromatic N) is 2. The number of nitrogens with one attached hydrogen (secondary N) is 2. The van der Waals surface area contributed by atoms with Crippen molar-refractivity contribution in [2.75, 3.05) is 32.1 Å². The van der Waals surface area contributed by atoms with Crippen LogP contribution < -0.4 is 25.0 Å². The van der Waals surface area contributed by atoms with Gasteiger partial charge < -0.3 is 25.0 Å². The smallest absolute Gasteiger partial charge is 0.191 e. The van der Waals surface area contributed by atoms with Crippen LogP contribution >= 0.6 is 0 Å². The molecule has 0 aliphatic carbocycles. The van der Waals surface area contributed by atoms with E-state index < -0.39 is 0 Å². The fraction of sp³-hybridized carbons (Fsp3) is 0.458. The lowest BCUT2D eigenvalue weighted by molar-refractivity contribution is 0.254. The highest BCUT2D eigenvalue weighted by Crippen LogP contribution is 2.34. The standard InChI is InChI=1S/C24H31FN4O2/c1-16-11-17-12-22(30-3)18(13-23(17)31-16)15-27-24(26-2)28-20-7-9-29(10-8-20)21-6-4-5-19(25)14-21/h4-6,12-14,16,20H,7-11,15H2,1-3H3,(H2,26,27,28). The maximum absolute atomic E-state index is 13.5. The van der Waals surface area contributed by atoms with Crippen LogP contribution in [0.1, 0.15) is 30.9 Å². The molecular formula is C24H31FN4O2. The molecule has 2 aliphatic heterocycles. The monoisotopic (exact) mass is 426 g/mol. The Morgan fingerprint density at radius 1 is 1.26 bits per heavy atom. The van der Waals surface area contributed by atoms with E-state index in [2.05, 4.69) is 39.6 Å². The zero-order valence-electron chi connectivity index (χ0n) is 18.5. The average molecular weight is 427 g/mol. The highest BCUT2D eigenvalue weighted by molar-refractivity contribution is 5.80. The fourth-order valence-electron chi connectivity index (χ4n) is 4.33. The molecule has 7 heteroatoms. The van der Waals surface area contributed by atoms with Crippen LogP contribution in [0.25, 0.3) is 0 Å². The topological polar surface area (TPSA) is 58.1 Å². The molecule has 1 fully saturated rings. The number of fused-ring (bicyclic) bond motifs is 1.